The molecule has 6 nitrogen and oxygen atoms in total. The molecule has 36 heavy (non-hydrogen) atoms. The van der Waals surface area contributed by atoms with Crippen molar-refractivity contribution < 1.29 is 28.2 Å². The van der Waals surface area contributed by atoms with Crippen LogP contribution in [0.3, 0.4) is 0 Å². The lowest BCUT2D eigenvalue weighted by Crippen LogP contribution is -2.32. The second-order valence-corrected chi connectivity index (χ2v) is 13.5. The molecule has 2 atom stereocenters. The summed E-state index contributed by atoms with van der Waals surface area (Å²) in [5.41, 5.74) is 0.322. The van der Waals surface area contributed by atoms with Crippen LogP contribution >= 0.6 is 0 Å². The topological polar surface area (TPSA) is 98.7 Å². The molecule has 2 aromatic rings. The molecule has 0 aliphatic rings. The lowest BCUT2D eigenvalue weighted by atomic mass is 9.90. The molecule has 0 aliphatic carbocycles. The van der Waals surface area contributed by atoms with Crippen molar-refractivity contribution in [2.75, 3.05) is 23.0 Å². The van der Waals surface area contributed by atoms with Crippen molar-refractivity contribution in [3.63, 3.8) is 0 Å². The minimum atomic E-state index is -1.19. The summed E-state index contributed by atoms with van der Waals surface area (Å²) in [6.07, 6.45) is 0.834. The molecular formula is C28H38O6S2. The summed E-state index contributed by atoms with van der Waals surface area (Å²) in [7, 11) is 0. The Morgan fingerprint density at radius 1 is 0.639 bits per heavy atom. The molecular weight excluding hydrogens is 496 g/mol. The maximum absolute atomic E-state index is 12.5. The van der Waals surface area contributed by atoms with E-state index in [0.717, 1.165) is 11.1 Å². The van der Waals surface area contributed by atoms with Crippen LogP contribution in [0.4, 0.5) is 0 Å². The Hall–Kier alpha value is -2.00. The fourth-order valence-corrected chi connectivity index (χ4v) is 6.54. The maximum atomic E-state index is 12.5. The number of esters is 2. The zero-order chi connectivity index (χ0) is 26.6. The first-order valence-electron chi connectivity index (χ1n) is 12.1. The molecule has 0 heterocycles. The Morgan fingerprint density at radius 2 is 0.972 bits per heavy atom. The number of carbonyl (C=O) groups excluding carboxylic acids is 2. The molecule has 0 aromatic heterocycles. The Balaban J connectivity index is 1.65. The highest BCUT2D eigenvalue weighted by Gasteiger charge is 2.33. The molecule has 0 bridgehead atoms. The molecule has 2 aromatic carbocycles. The lowest BCUT2D eigenvalue weighted by Gasteiger charge is -2.24. The van der Waals surface area contributed by atoms with Gasteiger partial charge in [0.15, 0.2) is 0 Å². The smallest absolute Gasteiger partial charge is 0.312 e. The van der Waals surface area contributed by atoms with Crippen molar-refractivity contribution in [3.05, 3.63) is 71.8 Å². The van der Waals surface area contributed by atoms with Gasteiger partial charge >= 0.3 is 11.9 Å². The van der Waals surface area contributed by atoms with Gasteiger partial charge in [0.2, 0.25) is 0 Å². The normalized spacial score (nSPS) is 13.6. The van der Waals surface area contributed by atoms with E-state index in [0.29, 0.717) is 35.9 Å². The van der Waals surface area contributed by atoms with E-state index >= 15 is 0 Å². The van der Waals surface area contributed by atoms with Gasteiger partial charge in [0.05, 0.1) is 10.8 Å². The Morgan fingerprint density at radius 3 is 1.31 bits per heavy atom. The van der Waals surface area contributed by atoms with Crippen LogP contribution in [0.5, 0.6) is 0 Å². The van der Waals surface area contributed by atoms with Gasteiger partial charge in [0.25, 0.3) is 0 Å². The largest absolute Gasteiger partial charge is 0.616 e. The van der Waals surface area contributed by atoms with E-state index in [-0.39, 0.29) is 25.2 Å². The monoisotopic (exact) mass is 534 g/mol. The summed E-state index contributed by atoms with van der Waals surface area (Å²) in [6, 6.07) is 18.9. The lowest BCUT2D eigenvalue weighted by molar-refractivity contribution is -0.156. The Kier molecular flexibility index (Phi) is 12.3. The number of hydrogen-bond acceptors (Lipinski definition) is 6. The third-order valence-corrected chi connectivity index (χ3v) is 8.88. The second-order valence-electron chi connectivity index (χ2n) is 10.1. The average molecular weight is 535 g/mol. The van der Waals surface area contributed by atoms with Gasteiger partial charge in [-0.25, -0.2) is 0 Å². The number of benzene rings is 2. The van der Waals surface area contributed by atoms with Crippen LogP contribution < -0.4 is 0 Å². The summed E-state index contributed by atoms with van der Waals surface area (Å²) < 4.78 is 35.8. The fraction of sp³-hybridized carbons (Fsp3) is 0.500. The first kappa shape index (κ1) is 30.2. The highest BCUT2D eigenvalue weighted by atomic mass is 32.2. The summed E-state index contributed by atoms with van der Waals surface area (Å²) >= 11 is -2.39. The minimum Gasteiger partial charge on any atom is -0.616 e. The van der Waals surface area contributed by atoms with Gasteiger partial charge in [-0.1, -0.05) is 60.7 Å². The van der Waals surface area contributed by atoms with E-state index < -0.39 is 33.2 Å². The third kappa shape index (κ3) is 10.9. The zero-order valence-corrected chi connectivity index (χ0v) is 23.3. The van der Waals surface area contributed by atoms with Crippen molar-refractivity contribution in [1.29, 1.82) is 0 Å². The van der Waals surface area contributed by atoms with Crippen LogP contribution in [0.2, 0.25) is 0 Å². The van der Waals surface area contributed by atoms with Crippen molar-refractivity contribution in [2.24, 2.45) is 10.8 Å². The molecule has 2 rings (SSSR count). The van der Waals surface area contributed by atoms with Crippen LogP contribution in [0.1, 0.15) is 51.7 Å². The average Bonchev–Trinajstić information content (AvgIpc) is 2.87. The standard InChI is InChI=1S/C28H38O6S2/c1-27(2,25(29)33-21-23-11-7-5-8-12-23)15-17-35(31)19-20-36(32)18-16-28(3,4)26(30)34-22-24-13-9-6-10-14-24/h5-14H,15-22H2,1-4H3. The maximum Gasteiger partial charge on any atom is 0.312 e. The zero-order valence-electron chi connectivity index (χ0n) is 21.7. The SMILES string of the molecule is CC(C)(CC[S+]([O-])CC[S+]([O-])CCC(C)(C)C(=O)OCc1ccccc1)C(=O)OCc1ccccc1. The van der Waals surface area contributed by atoms with Gasteiger partial charge in [-0.2, -0.15) is 0 Å². The van der Waals surface area contributed by atoms with E-state index in [2.05, 4.69) is 0 Å². The van der Waals surface area contributed by atoms with Crippen LogP contribution in [0.25, 0.3) is 0 Å². The van der Waals surface area contributed by atoms with Crippen LogP contribution in [-0.2, 0) is 54.6 Å². The highest BCUT2D eigenvalue weighted by molar-refractivity contribution is 7.95. The minimum absolute atomic E-state index is 0.210. The number of rotatable bonds is 15. The summed E-state index contributed by atoms with van der Waals surface area (Å²) in [5.74, 6) is 0.604. The molecule has 0 aliphatic heterocycles. The fourth-order valence-electron chi connectivity index (χ4n) is 3.17. The molecule has 0 amide bonds. The quantitative estimate of drug-likeness (QED) is 0.240. The molecule has 0 saturated heterocycles. The Labute approximate surface area is 221 Å². The van der Waals surface area contributed by atoms with Crippen LogP contribution in [0, 0.1) is 10.8 Å². The van der Waals surface area contributed by atoms with E-state index in [1.54, 1.807) is 27.7 Å². The first-order chi connectivity index (χ1) is 17.0. The van der Waals surface area contributed by atoms with E-state index in [4.69, 9.17) is 9.47 Å². The van der Waals surface area contributed by atoms with Gasteiger partial charge in [-0.05, 0) is 61.2 Å². The summed E-state index contributed by atoms with van der Waals surface area (Å²) in [5, 5.41) is 0. The van der Waals surface area contributed by atoms with E-state index in [1.807, 2.05) is 60.7 Å². The van der Waals surface area contributed by atoms with Crippen molar-refractivity contribution in [3.8, 4) is 0 Å². The highest BCUT2D eigenvalue weighted by Crippen LogP contribution is 2.25. The van der Waals surface area contributed by atoms with Gasteiger partial charge in [0.1, 0.15) is 36.2 Å². The predicted octanol–water partition coefficient (Wildman–Crippen LogP) is 4.80. The molecule has 0 spiro atoms. The van der Waals surface area contributed by atoms with E-state index in [1.165, 1.54) is 0 Å². The van der Waals surface area contributed by atoms with Crippen LogP contribution in [0.15, 0.2) is 60.7 Å². The van der Waals surface area contributed by atoms with Crippen molar-refractivity contribution >= 4 is 34.3 Å². The van der Waals surface area contributed by atoms with Gasteiger partial charge in [-0.15, -0.1) is 0 Å². The van der Waals surface area contributed by atoms with Crippen molar-refractivity contribution in [2.45, 2.75) is 53.8 Å². The summed E-state index contributed by atoms with van der Waals surface area (Å²) in [6.45, 7) is 7.56. The predicted molar refractivity (Wildman–Crippen MR) is 145 cm³/mol. The van der Waals surface area contributed by atoms with Crippen molar-refractivity contribution in [1.82, 2.24) is 0 Å². The second kappa shape index (κ2) is 14.7. The van der Waals surface area contributed by atoms with Gasteiger partial charge in [0, 0.05) is 12.8 Å². The molecule has 0 fully saturated rings. The number of hydrogen-bond donors (Lipinski definition) is 0. The van der Waals surface area contributed by atoms with Crippen LogP contribution in [-0.4, -0.2) is 44.1 Å². The Bertz CT molecular complexity index is 856. The van der Waals surface area contributed by atoms with E-state index in [9.17, 15) is 18.7 Å². The molecule has 0 radical (unpaired) electrons. The molecule has 198 valence electrons. The molecule has 0 saturated carbocycles. The molecule has 0 N–H and O–H groups in total. The van der Waals surface area contributed by atoms with Gasteiger partial charge in [-0.3, -0.25) is 9.59 Å². The summed E-state index contributed by atoms with van der Waals surface area (Å²) in [4.78, 5) is 24.9. The van der Waals surface area contributed by atoms with Gasteiger partial charge < -0.3 is 18.6 Å². The third-order valence-electron chi connectivity index (χ3n) is 5.98. The molecule has 8 heteroatoms. The molecule has 2 unspecified atom stereocenters. The first-order valence-corrected chi connectivity index (χ1v) is 15.1. The number of carbonyl (C=O) groups is 2. The number of ether oxygens (including phenoxy) is 2.